The zero-order valence-corrected chi connectivity index (χ0v) is 11.8. The van der Waals surface area contributed by atoms with Crippen LogP contribution in [-0.4, -0.2) is 13.7 Å². The molecule has 0 spiro atoms. The standard InChI is InChI=1S/C17H19NO2/c1-12-5-3-4-6-13(12)10-19-14-7-8-15-16(18-2)11-20-17(15)9-14/h3-9,16,18H,10-11H2,1-2H3. The van der Waals surface area contributed by atoms with Crippen molar-refractivity contribution in [2.75, 3.05) is 13.7 Å². The zero-order chi connectivity index (χ0) is 13.9. The molecule has 0 saturated heterocycles. The lowest BCUT2D eigenvalue weighted by Gasteiger charge is -2.10. The molecular formula is C17H19NO2. The van der Waals surface area contributed by atoms with Crippen LogP contribution >= 0.6 is 0 Å². The summed E-state index contributed by atoms with van der Waals surface area (Å²) in [4.78, 5) is 0. The van der Waals surface area contributed by atoms with Gasteiger partial charge in [0.1, 0.15) is 24.7 Å². The van der Waals surface area contributed by atoms with Crippen molar-refractivity contribution in [1.82, 2.24) is 5.32 Å². The number of hydrogen-bond acceptors (Lipinski definition) is 3. The van der Waals surface area contributed by atoms with Gasteiger partial charge in [-0.3, -0.25) is 0 Å². The fourth-order valence-electron chi connectivity index (χ4n) is 2.45. The Morgan fingerprint density at radius 2 is 2.10 bits per heavy atom. The maximum atomic E-state index is 5.87. The SMILES string of the molecule is CNC1COc2cc(OCc3ccccc3C)ccc21. The van der Waals surface area contributed by atoms with Crippen LogP contribution in [-0.2, 0) is 6.61 Å². The van der Waals surface area contributed by atoms with E-state index in [1.54, 1.807) is 0 Å². The van der Waals surface area contributed by atoms with E-state index in [1.807, 2.05) is 31.3 Å². The normalized spacial score (nSPS) is 16.6. The summed E-state index contributed by atoms with van der Waals surface area (Å²) in [6, 6.07) is 14.6. The summed E-state index contributed by atoms with van der Waals surface area (Å²) in [5.41, 5.74) is 3.66. The largest absolute Gasteiger partial charge is 0.491 e. The quantitative estimate of drug-likeness (QED) is 0.924. The highest BCUT2D eigenvalue weighted by Gasteiger charge is 2.22. The Morgan fingerprint density at radius 3 is 2.90 bits per heavy atom. The molecular weight excluding hydrogens is 250 g/mol. The van der Waals surface area contributed by atoms with E-state index in [9.17, 15) is 0 Å². The van der Waals surface area contributed by atoms with E-state index in [0.29, 0.717) is 13.2 Å². The highest BCUT2D eigenvalue weighted by molar-refractivity contribution is 5.45. The minimum atomic E-state index is 0.287. The van der Waals surface area contributed by atoms with Crippen molar-refractivity contribution in [1.29, 1.82) is 0 Å². The number of rotatable bonds is 4. The molecule has 0 saturated carbocycles. The minimum Gasteiger partial charge on any atom is -0.491 e. The molecule has 3 rings (SSSR count). The molecule has 0 bridgehead atoms. The lowest BCUT2D eigenvalue weighted by atomic mass is 10.1. The Morgan fingerprint density at radius 1 is 1.25 bits per heavy atom. The topological polar surface area (TPSA) is 30.5 Å². The van der Waals surface area contributed by atoms with Crippen LogP contribution in [0, 0.1) is 6.92 Å². The van der Waals surface area contributed by atoms with Crippen molar-refractivity contribution in [2.45, 2.75) is 19.6 Å². The van der Waals surface area contributed by atoms with Gasteiger partial charge in [0.25, 0.3) is 0 Å². The molecule has 0 radical (unpaired) electrons. The molecule has 1 aliphatic rings. The number of ether oxygens (including phenoxy) is 2. The van der Waals surface area contributed by atoms with Crippen LogP contribution in [0.2, 0.25) is 0 Å². The summed E-state index contributed by atoms with van der Waals surface area (Å²) in [6.45, 7) is 3.37. The Bertz CT molecular complexity index is 610. The summed E-state index contributed by atoms with van der Waals surface area (Å²) in [5, 5.41) is 3.24. The van der Waals surface area contributed by atoms with E-state index < -0.39 is 0 Å². The van der Waals surface area contributed by atoms with Gasteiger partial charge in [-0.2, -0.15) is 0 Å². The van der Waals surface area contributed by atoms with Crippen LogP contribution in [0.15, 0.2) is 42.5 Å². The van der Waals surface area contributed by atoms with Crippen LogP contribution in [0.5, 0.6) is 11.5 Å². The highest BCUT2D eigenvalue weighted by Crippen LogP contribution is 2.35. The molecule has 2 aromatic rings. The van der Waals surface area contributed by atoms with Crippen LogP contribution in [0.4, 0.5) is 0 Å². The summed E-state index contributed by atoms with van der Waals surface area (Å²) < 4.78 is 11.5. The highest BCUT2D eigenvalue weighted by atomic mass is 16.5. The second kappa shape index (κ2) is 5.55. The predicted octanol–water partition coefficient (Wildman–Crippen LogP) is 3.23. The monoisotopic (exact) mass is 269 g/mol. The van der Waals surface area contributed by atoms with E-state index >= 15 is 0 Å². The molecule has 2 aromatic carbocycles. The molecule has 0 amide bonds. The first-order valence-corrected chi connectivity index (χ1v) is 6.89. The lowest BCUT2D eigenvalue weighted by molar-refractivity contribution is 0.298. The van der Waals surface area contributed by atoms with Gasteiger partial charge in [-0.05, 0) is 37.2 Å². The third-order valence-corrected chi connectivity index (χ3v) is 3.77. The lowest BCUT2D eigenvalue weighted by Crippen LogP contribution is -2.17. The van der Waals surface area contributed by atoms with E-state index in [0.717, 1.165) is 11.5 Å². The number of nitrogens with one attached hydrogen (secondary N) is 1. The predicted molar refractivity (Wildman–Crippen MR) is 79.2 cm³/mol. The fourth-order valence-corrected chi connectivity index (χ4v) is 2.45. The van der Waals surface area contributed by atoms with E-state index in [1.165, 1.54) is 16.7 Å². The molecule has 3 heteroatoms. The van der Waals surface area contributed by atoms with Crippen molar-refractivity contribution in [3.63, 3.8) is 0 Å². The second-order valence-electron chi connectivity index (χ2n) is 5.07. The van der Waals surface area contributed by atoms with Gasteiger partial charge in [0.15, 0.2) is 0 Å². The Kier molecular flexibility index (Phi) is 3.61. The Balaban J connectivity index is 1.72. The van der Waals surface area contributed by atoms with Crippen molar-refractivity contribution in [3.8, 4) is 11.5 Å². The summed E-state index contributed by atoms with van der Waals surface area (Å²) >= 11 is 0. The van der Waals surface area contributed by atoms with Crippen molar-refractivity contribution >= 4 is 0 Å². The third-order valence-electron chi connectivity index (χ3n) is 3.77. The molecule has 1 aliphatic heterocycles. The van der Waals surface area contributed by atoms with Gasteiger partial charge < -0.3 is 14.8 Å². The molecule has 0 aliphatic carbocycles. The van der Waals surface area contributed by atoms with Crippen molar-refractivity contribution in [2.24, 2.45) is 0 Å². The van der Waals surface area contributed by atoms with Crippen LogP contribution in [0.25, 0.3) is 0 Å². The number of benzene rings is 2. The van der Waals surface area contributed by atoms with Gasteiger partial charge in [0.05, 0.1) is 6.04 Å². The molecule has 0 aromatic heterocycles. The van der Waals surface area contributed by atoms with Crippen LogP contribution in [0.3, 0.4) is 0 Å². The smallest absolute Gasteiger partial charge is 0.127 e. The maximum Gasteiger partial charge on any atom is 0.127 e. The average molecular weight is 269 g/mol. The summed E-state index contributed by atoms with van der Waals surface area (Å²) in [5.74, 6) is 1.77. The van der Waals surface area contributed by atoms with Crippen molar-refractivity contribution in [3.05, 3.63) is 59.2 Å². The third kappa shape index (κ3) is 2.49. The van der Waals surface area contributed by atoms with Crippen molar-refractivity contribution < 1.29 is 9.47 Å². The van der Waals surface area contributed by atoms with Gasteiger partial charge in [0.2, 0.25) is 0 Å². The van der Waals surface area contributed by atoms with Crippen LogP contribution < -0.4 is 14.8 Å². The molecule has 1 unspecified atom stereocenters. The minimum absolute atomic E-state index is 0.287. The van der Waals surface area contributed by atoms with Gasteiger partial charge >= 0.3 is 0 Å². The molecule has 104 valence electrons. The first kappa shape index (κ1) is 13.0. The Hall–Kier alpha value is -2.00. The van der Waals surface area contributed by atoms with Gasteiger partial charge in [0, 0.05) is 11.6 Å². The number of aryl methyl sites for hydroxylation is 1. The zero-order valence-electron chi connectivity index (χ0n) is 11.8. The molecule has 1 atom stereocenters. The fraction of sp³-hybridized carbons (Fsp3) is 0.294. The number of hydrogen-bond donors (Lipinski definition) is 1. The summed E-state index contributed by atoms with van der Waals surface area (Å²) in [6.07, 6.45) is 0. The second-order valence-corrected chi connectivity index (χ2v) is 5.07. The average Bonchev–Trinajstić information content (AvgIpc) is 2.88. The summed E-state index contributed by atoms with van der Waals surface area (Å²) in [7, 11) is 1.95. The molecule has 3 nitrogen and oxygen atoms in total. The van der Waals surface area contributed by atoms with Gasteiger partial charge in [-0.25, -0.2) is 0 Å². The van der Waals surface area contributed by atoms with Crippen LogP contribution in [0.1, 0.15) is 22.7 Å². The maximum absolute atomic E-state index is 5.87. The van der Waals surface area contributed by atoms with E-state index in [2.05, 4.69) is 30.4 Å². The Labute approximate surface area is 119 Å². The number of fused-ring (bicyclic) bond motifs is 1. The molecule has 1 N–H and O–H groups in total. The first-order valence-electron chi connectivity index (χ1n) is 6.89. The first-order chi connectivity index (χ1) is 9.78. The van der Waals surface area contributed by atoms with E-state index in [-0.39, 0.29) is 6.04 Å². The molecule has 20 heavy (non-hydrogen) atoms. The van der Waals surface area contributed by atoms with Gasteiger partial charge in [-0.1, -0.05) is 24.3 Å². The molecule has 0 fully saturated rings. The van der Waals surface area contributed by atoms with Gasteiger partial charge in [-0.15, -0.1) is 0 Å². The number of likely N-dealkylation sites (N-methyl/N-ethyl adjacent to an activating group) is 1. The molecule has 1 heterocycles. The van der Waals surface area contributed by atoms with E-state index in [4.69, 9.17) is 9.47 Å².